The molecule has 1 atom stereocenters. The molecule has 3 aromatic carbocycles. The number of carboxylic acids is 1. The number of carboxylic acid groups (broad SMARTS) is 1. The molecule has 0 fully saturated rings. The molecule has 200 valence electrons. The van der Waals surface area contributed by atoms with E-state index in [4.69, 9.17) is 9.47 Å². The molecule has 8 nitrogen and oxygen atoms in total. The van der Waals surface area contributed by atoms with Gasteiger partial charge in [-0.25, -0.2) is 4.79 Å². The van der Waals surface area contributed by atoms with E-state index < -0.39 is 11.9 Å². The van der Waals surface area contributed by atoms with E-state index in [-0.39, 0.29) is 37.3 Å². The maximum atomic E-state index is 13.1. The lowest BCUT2D eigenvalue weighted by Crippen LogP contribution is -2.40. The van der Waals surface area contributed by atoms with Crippen LogP contribution in [-0.4, -0.2) is 49.8 Å². The van der Waals surface area contributed by atoms with Gasteiger partial charge in [0.2, 0.25) is 0 Å². The first-order chi connectivity index (χ1) is 18.2. The first-order valence-electron chi connectivity index (χ1n) is 12.4. The van der Waals surface area contributed by atoms with E-state index >= 15 is 0 Å². The van der Waals surface area contributed by atoms with Crippen LogP contribution in [0.2, 0.25) is 0 Å². The fourth-order valence-electron chi connectivity index (χ4n) is 4.14. The number of Topliss-reactive ketones (excluding diaryl/α,β-unsaturated/α-hetero) is 1. The molecule has 3 rings (SSSR count). The van der Waals surface area contributed by atoms with Gasteiger partial charge in [-0.1, -0.05) is 48.5 Å². The SMILES string of the molecule is COCCC(CC(=O)c1ccc(-c2ccc(NC(=O)N(c3ccccc3OC)C(C)C)cc2)cc1)C(=O)O. The summed E-state index contributed by atoms with van der Waals surface area (Å²) in [6, 6.07) is 21.5. The molecule has 1 unspecified atom stereocenters. The van der Waals surface area contributed by atoms with Gasteiger partial charge in [-0.05, 0) is 55.7 Å². The number of anilines is 2. The number of urea groups is 1. The minimum Gasteiger partial charge on any atom is -0.495 e. The zero-order chi connectivity index (χ0) is 27.7. The molecule has 2 N–H and O–H groups in total. The second-order valence-corrected chi connectivity index (χ2v) is 9.16. The van der Waals surface area contributed by atoms with Crippen molar-refractivity contribution < 1.29 is 29.0 Å². The van der Waals surface area contributed by atoms with Crippen molar-refractivity contribution in [2.24, 2.45) is 5.92 Å². The van der Waals surface area contributed by atoms with E-state index in [1.165, 1.54) is 7.11 Å². The number of rotatable bonds is 12. The summed E-state index contributed by atoms with van der Waals surface area (Å²) in [5, 5.41) is 12.3. The normalized spacial score (nSPS) is 11.6. The van der Waals surface area contributed by atoms with Crippen LogP contribution >= 0.6 is 0 Å². The maximum absolute atomic E-state index is 13.1. The van der Waals surface area contributed by atoms with Crippen LogP contribution in [-0.2, 0) is 9.53 Å². The zero-order valence-electron chi connectivity index (χ0n) is 22.1. The van der Waals surface area contributed by atoms with Gasteiger partial charge in [-0.3, -0.25) is 14.5 Å². The van der Waals surface area contributed by atoms with Crippen LogP contribution in [0.4, 0.5) is 16.2 Å². The number of aliphatic carboxylic acids is 1. The van der Waals surface area contributed by atoms with E-state index in [0.717, 1.165) is 11.1 Å². The first kappa shape index (κ1) is 28.4. The molecule has 3 aromatic rings. The highest BCUT2D eigenvalue weighted by molar-refractivity contribution is 6.03. The van der Waals surface area contributed by atoms with E-state index in [1.807, 2.05) is 74.5 Å². The Hall–Kier alpha value is -4.17. The lowest BCUT2D eigenvalue weighted by molar-refractivity contribution is -0.142. The third-order valence-electron chi connectivity index (χ3n) is 6.21. The first-order valence-corrected chi connectivity index (χ1v) is 12.4. The van der Waals surface area contributed by atoms with Crippen LogP contribution in [0.1, 0.15) is 37.0 Å². The minimum absolute atomic E-state index is 0.0747. The molecular weight excluding hydrogens is 484 g/mol. The molecule has 38 heavy (non-hydrogen) atoms. The summed E-state index contributed by atoms with van der Waals surface area (Å²) >= 11 is 0. The highest BCUT2D eigenvalue weighted by Crippen LogP contribution is 2.30. The molecule has 0 spiro atoms. The van der Waals surface area contributed by atoms with Crippen LogP contribution in [0.5, 0.6) is 5.75 Å². The number of amides is 2. The smallest absolute Gasteiger partial charge is 0.326 e. The number of carbonyl (C=O) groups excluding carboxylic acids is 2. The fraction of sp³-hybridized carbons (Fsp3) is 0.300. The van der Waals surface area contributed by atoms with E-state index in [1.54, 1.807) is 24.1 Å². The van der Waals surface area contributed by atoms with Crippen molar-refractivity contribution in [1.82, 2.24) is 0 Å². The molecule has 0 bridgehead atoms. The highest BCUT2D eigenvalue weighted by Gasteiger charge is 2.23. The molecule has 0 radical (unpaired) electrons. The topological polar surface area (TPSA) is 105 Å². The predicted molar refractivity (Wildman–Crippen MR) is 148 cm³/mol. The van der Waals surface area contributed by atoms with E-state index in [9.17, 15) is 19.5 Å². The van der Waals surface area contributed by atoms with Crippen molar-refractivity contribution in [3.8, 4) is 16.9 Å². The van der Waals surface area contributed by atoms with Crippen molar-refractivity contribution in [2.75, 3.05) is 31.0 Å². The standard InChI is InChI=1S/C30H34N2O6/c1-20(2)32(26-7-5-6-8-28(26)38-4)30(36)31-25-15-13-22(14-16-25)21-9-11-23(12-10-21)27(33)19-24(29(34)35)17-18-37-3/h5-16,20,24H,17-19H2,1-4H3,(H,31,36)(H,34,35). The van der Waals surface area contributed by atoms with Gasteiger partial charge in [0, 0.05) is 37.4 Å². The maximum Gasteiger partial charge on any atom is 0.326 e. The predicted octanol–water partition coefficient (Wildman–Crippen LogP) is 6.12. The van der Waals surface area contributed by atoms with Crippen LogP contribution in [0.25, 0.3) is 11.1 Å². The third kappa shape index (κ3) is 7.20. The summed E-state index contributed by atoms with van der Waals surface area (Å²) in [7, 11) is 3.08. The fourth-order valence-corrected chi connectivity index (χ4v) is 4.14. The largest absolute Gasteiger partial charge is 0.495 e. The molecule has 0 heterocycles. The Balaban J connectivity index is 1.68. The minimum atomic E-state index is -1.00. The Morgan fingerprint density at radius 3 is 2.05 bits per heavy atom. The number of ether oxygens (including phenoxy) is 2. The molecule has 2 amide bonds. The van der Waals surface area contributed by atoms with Gasteiger partial charge >= 0.3 is 12.0 Å². The van der Waals surface area contributed by atoms with Crippen molar-refractivity contribution in [1.29, 1.82) is 0 Å². The Morgan fingerprint density at radius 1 is 0.895 bits per heavy atom. The average Bonchev–Trinajstić information content (AvgIpc) is 2.91. The summed E-state index contributed by atoms with van der Waals surface area (Å²) < 4.78 is 10.4. The molecular formula is C30H34N2O6. The van der Waals surface area contributed by atoms with Gasteiger partial charge in [0.1, 0.15) is 5.75 Å². The van der Waals surface area contributed by atoms with Crippen LogP contribution in [0, 0.1) is 5.92 Å². The van der Waals surface area contributed by atoms with Crippen LogP contribution < -0.4 is 15.0 Å². The van der Waals surface area contributed by atoms with Crippen molar-refractivity contribution >= 4 is 29.2 Å². The zero-order valence-corrected chi connectivity index (χ0v) is 22.1. The number of ketones is 1. The van der Waals surface area contributed by atoms with Crippen LogP contribution in [0.15, 0.2) is 72.8 Å². The number of nitrogens with one attached hydrogen (secondary N) is 1. The number of nitrogens with zero attached hydrogens (tertiary/aromatic N) is 1. The Morgan fingerprint density at radius 2 is 1.50 bits per heavy atom. The molecule has 0 aromatic heterocycles. The Kier molecular flexibility index (Phi) is 10.0. The lowest BCUT2D eigenvalue weighted by atomic mass is 9.94. The van der Waals surface area contributed by atoms with Crippen molar-refractivity contribution in [3.63, 3.8) is 0 Å². The molecule has 0 aliphatic rings. The molecule has 0 saturated heterocycles. The number of carbonyl (C=O) groups is 3. The molecule has 0 saturated carbocycles. The summed E-state index contributed by atoms with van der Waals surface area (Å²) in [5.74, 6) is -1.39. The van der Waals surface area contributed by atoms with E-state index in [2.05, 4.69) is 5.32 Å². The molecule has 0 aliphatic carbocycles. The number of benzene rings is 3. The van der Waals surface area contributed by atoms with Gasteiger partial charge in [-0.15, -0.1) is 0 Å². The Bertz CT molecular complexity index is 1240. The second kappa shape index (κ2) is 13.4. The van der Waals surface area contributed by atoms with Gasteiger partial charge < -0.3 is 19.9 Å². The highest BCUT2D eigenvalue weighted by atomic mass is 16.5. The van der Waals surface area contributed by atoms with E-state index in [0.29, 0.717) is 22.7 Å². The third-order valence-corrected chi connectivity index (χ3v) is 6.21. The van der Waals surface area contributed by atoms with Gasteiger partial charge in [-0.2, -0.15) is 0 Å². The Labute approximate surface area is 223 Å². The lowest BCUT2D eigenvalue weighted by Gasteiger charge is -2.28. The summed E-state index contributed by atoms with van der Waals surface area (Å²) in [5.41, 5.74) is 3.60. The van der Waals surface area contributed by atoms with Gasteiger partial charge in [0.25, 0.3) is 0 Å². The van der Waals surface area contributed by atoms with Crippen LogP contribution in [0.3, 0.4) is 0 Å². The van der Waals surface area contributed by atoms with Gasteiger partial charge in [0.05, 0.1) is 18.7 Å². The average molecular weight is 519 g/mol. The molecule has 8 heteroatoms. The number of hydrogen-bond acceptors (Lipinski definition) is 5. The summed E-state index contributed by atoms with van der Waals surface area (Å²) in [6.07, 6.45) is 0.209. The summed E-state index contributed by atoms with van der Waals surface area (Å²) in [6.45, 7) is 4.16. The van der Waals surface area contributed by atoms with Crippen molar-refractivity contribution in [2.45, 2.75) is 32.7 Å². The number of para-hydroxylation sites is 2. The second-order valence-electron chi connectivity index (χ2n) is 9.16. The quantitative estimate of drug-likeness (QED) is 0.280. The monoisotopic (exact) mass is 518 g/mol. The van der Waals surface area contributed by atoms with Crippen molar-refractivity contribution in [3.05, 3.63) is 78.4 Å². The van der Waals surface area contributed by atoms with Gasteiger partial charge in [0.15, 0.2) is 5.78 Å². The molecule has 0 aliphatic heterocycles. The summed E-state index contributed by atoms with van der Waals surface area (Å²) in [4.78, 5) is 38.8. The number of methoxy groups -OCH3 is 2. The number of hydrogen-bond donors (Lipinski definition) is 2.